The van der Waals surface area contributed by atoms with Crippen LogP contribution in [0.25, 0.3) is 0 Å². The van der Waals surface area contributed by atoms with Gasteiger partial charge in [-0.1, -0.05) is 32.0 Å². The first-order valence-corrected chi connectivity index (χ1v) is 8.95. The van der Waals surface area contributed by atoms with E-state index in [1.807, 2.05) is 19.9 Å². The van der Waals surface area contributed by atoms with E-state index < -0.39 is 16.8 Å². The predicted octanol–water partition coefficient (Wildman–Crippen LogP) is 2.74. The Morgan fingerprint density at radius 2 is 2.04 bits per heavy atom. The number of nitrogens with zero attached hydrogens (tertiary/aromatic N) is 1. The van der Waals surface area contributed by atoms with Crippen LogP contribution in [0, 0.1) is 5.92 Å². The van der Waals surface area contributed by atoms with Crippen molar-refractivity contribution in [1.29, 1.82) is 0 Å². The van der Waals surface area contributed by atoms with E-state index >= 15 is 0 Å². The summed E-state index contributed by atoms with van der Waals surface area (Å²) in [6.45, 7) is 8.30. The molecule has 1 aromatic rings. The fraction of sp³-hybridized carbons (Fsp3) is 0.588. The highest BCUT2D eigenvalue weighted by Gasteiger charge is 2.43. The lowest BCUT2D eigenvalue weighted by Gasteiger charge is -2.34. The number of benzene rings is 1. The Balaban J connectivity index is 1.99. The quantitative estimate of drug-likeness (QED) is 0.800. The summed E-state index contributed by atoms with van der Waals surface area (Å²) in [5, 5.41) is 0. The molecule has 0 aliphatic carbocycles. The van der Waals surface area contributed by atoms with E-state index in [0.29, 0.717) is 17.4 Å². The fourth-order valence-electron chi connectivity index (χ4n) is 2.88. The van der Waals surface area contributed by atoms with Crippen LogP contribution in [0.2, 0.25) is 0 Å². The predicted molar refractivity (Wildman–Crippen MR) is 88.9 cm³/mol. The van der Waals surface area contributed by atoms with Gasteiger partial charge in [0, 0.05) is 0 Å². The van der Waals surface area contributed by atoms with Gasteiger partial charge in [0.1, 0.15) is 12.3 Å². The molecule has 23 heavy (non-hydrogen) atoms. The largest absolute Gasteiger partial charge is 0.354 e. The minimum Gasteiger partial charge on any atom is -0.354 e. The lowest BCUT2D eigenvalue weighted by Crippen LogP contribution is -2.49. The molecule has 2 atom stereocenters. The van der Waals surface area contributed by atoms with Crippen molar-refractivity contribution in [2.75, 3.05) is 13.2 Å². The van der Waals surface area contributed by atoms with Gasteiger partial charge in [-0.25, -0.2) is 4.21 Å². The van der Waals surface area contributed by atoms with Crippen LogP contribution in [-0.2, 0) is 24.8 Å². The van der Waals surface area contributed by atoms with Crippen LogP contribution in [0.5, 0.6) is 0 Å². The van der Waals surface area contributed by atoms with Crippen LogP contribution >= 0.6 is 0 Å². The lowest BCUT2D eigenvalue weighted by molar-refractivity contribution is -0.148. The molecule has 1 aliphatic rings. The van der Waals surface area contributed by atoms with E-state index in [2.05, 4.69) is 13.8 Å². The monoisotopic (exact) mass is 339 g/mol. The van der Waals surface area contributed by atoms with Crippen molar-refractivity contribution < 1.29 is 17.9 Å². The fourth-order valence-corrected chi connectivity index (χ4v) is 3.60. The van der Waals surface area contributed by atoms with E-state index in [1.54, 1.807) is 29.2 Å². The van der Waals surface area contributed by atoms with Gasteiger partial charge in [-0.3, -0.25) is 8.98 Å². The second-order valence-corrected chi connectivity index (χ2v) is 7.79. The zero-order valence-electron chi connectivity index (χ0n) is 14.2. The highest BCUT2D eigenvalue weighted by Crippen LogP contribution is 2.30. The molecule has 1 fully saturated rings. The molecule has 1 saturated heterocycles. The van der Waals surface area contributed by atoms with Crippen molar-refractivity contribution in [2.45, 2.75) is 50.8 Å². The van der Waals surface area contributed by atoms with Crippen LogP contribution in [0.1, 0.15) is 34.1 Å². The number of rotatable bonds is 6. The second-order valence-electron chi connectivity index (χ2n) is 6.61. The van der Waals surface area contributed by atoms with Crippen LogP contribution < -0.4 is 0 Å². The number of amides is 1. The zero-order valence-corrected chi connectivity index (χ0v) is 15.0. The molecule has 1 aliphatic heterocycles. The summed E-state index contributed by atoms with van der Waals surface area (Å²) in [7, 11) is 0. The molecule has 0 N–H and O–H groups in total. The molecule has 2 unspecified atom stereocenters. The smallest absolute Gasteiger partial charge is 0.252 e. The summed E-state index contributed by atoms with van der Waals surface area (Å²) in [6.07, 6.45) is 0.872. The normalized spacial score (nSPS) is 21.6. The third-order valence-electron chi connectivity index (χ3n) is 3.81. The van der Waals surface area contributed by atoms with E-state index in [0.717, 1.165) is 6.42 Å². The third-order valence-corrected chi connectivity index (χ3v) is 4.80. The summed E-state index contributed by atoms with van der Waals surface area (Å²) < 4.78 is 23.1. The topological polar surface area (TPSA) is 55.8 Å². The first-order valence-electron chi connectivity index (χ1n) is 7.87. The maximum atomic E-state index is 12.6. The highest BCUT2D eigenvalue weighted by atomic mass is 32.2. The number of carbonyl (C=O) groups is 1. The first kappa shape index (κ1) is 18.1. The summed E-state index contributed by atoms with van der Waals surface area (Å²) >= 11 is -1.64. The van der Waals surface area contributed by atoms with Crippen molar-refractivity contribution in [1.82, 2.24) is 4.90 Å². The summed E-state index contributed by atoms with van der Waals surface area (Å²) in [5.41, 5.74) is -0.658. The molecule has 1 amide bonds. The van der Waals surface area contributed by atoms with Gasteiger partial charge in [-0.05, 0) is 38.3 Å². The van der Waals surface area contributed by atoms with Gasteiger partial charge in [0.2, 0.25) is 0 Å². The lowest BCUT2D eigenvalue weighted by atomic mass is 10.0. The summed E-state index contributed by atoms with van der Waals surface area (Å²) in [4.78, 5) is 14.9. The van der Waals surface area contributed by atoms with Gasteiger partial charge >= 0.3 is 0 Å². The molecule has 5 nitrogen and oxygen atoms in total. The van der Waals surface area contributed by atoms with E-state index in [-0.39, 0.29) is 18.6 Å². The van der Waals surface area contributed by atoms with Crippen molar-refractivity contribution in [2.24, 2.45) is 5.92 Å². The van der Waals surface area contributed by atoms with Crippen molar-refractivity contribution in [3.8, 4) is 0 Å². The molecule has 0 saturated carbocycles. The standard InChI is InChI=1S/C17H25NO4S/c1-13(2)10-14-11-21-17(3,4)18(14)16(19)12-22-23(20)15-8-6-5-7-9-15/h5-9,13-14H,10-12H2,1-4H3. The van der Waals surface area contributed by atoms with Gasteiger partial charge in [-0.2, -0.15) is 0 Å². The molecule has 0 spiro atoms. The zero-order chi connectivity index (χ0) is 17.0. The number of carbonyl (C=O) groups excluding carboxylic acids is 1. The molecule has 1 heterocycles. The van der Waals surface area contributed by atoms with Crippen LogP contribution in [0.3, 0.4) is 0 Å². The Labute approximate surface area is 140 Å². The van der Waals surface area contributed by atoms with Crippen molar-refractivity contribution >= 4 is 17.0 Å². The molecular weight excluding hydrogens is 314 g/mol. The number of hydrogen-bond donors (Lipinski definition) is 0. The average Bonchev–Trinajstić information content (AvgIpc) is 2.79. The summed E-state index contributed by atoms with van der Waals surface area (Å²) in [6, 6.07) is 8.87. The number of hydrogen-bond acceptors (Lipinski definition) is 4. The van der Waals surface area contributed by atoms with Gasteiger partial charge in [0.25, 0.3) is 5.91 Å². The summed E-state index contributed by atoms with van der Waals surface area (Å²) in [5.74, 6) is 0.273. The van der Waals surface area contributed by atoms with Crippen LogP contribution in [-0.4, -0.2) is 40.0 Å². The molecule has 2 rings (SSSR count). The Kier molecular flexibility index (Phi) is 5.95. The molecule has 0 aromatic heterocycles. The average molecular weight is 339 g/mol. The van der Waals surface area contributed by atoms with Gasteiger partial charge < -0.3 is 9.64 Å². The van der Waals surface area contributed by atoms with Crippen molar-refractivity contribution in [3.63, 3.8) is 0 Å². The Bertz CT molecular complexity index is 559. The van der Waals surface area contributed by atoms with Gasteiger partial charge in [0.15, 0.2) is 11.1 Å². The molecule has 0 bridgehead atoms. The molecule has 1 aromatic carbocycles. The Morgan fingerprint density at radius 3 is 2.65 bits per heavy atom. The van der Waals surface area contributed by atoms with E-state index in [1.165, 1.54) is 0 Å². The van der Waals surface area contributed by atoms with Crippen LogP contribution in [0.4, 0.5) is 0 Å². The molecule has 0 radical (unpaired) electrons. The minimum atomic E-state index is -1.64. The second kappa shape index (κ2) is 7.55. The Morgan fingerprint density at radius 1 is 1.39 bits per heavy atom. The minimum absolute atomic E-state index is 0.0336. The first-order chi connectivity index (χ1) is 10.8. The van der Waals surface area contributed by atoms with Gasteiger partial charge in [-0.15, -0.1) is 0 Å². The third kappa shape index (κ3) is 4.62. The van der Waals surface area contributed by atoms with Crippen molar-refractivity contribution in [3.05, 3.63) is 30.3 Å². The highest BCUT2D eigenvalue weighted by molar-refractivity contribution is 7.80. The maximum absolute atomic E-state index is 12.6. The maximum Gasteiger partial charge on any atom is 0.252 e. The Hall–Kier alpha value is -1.24. The molecular formula is C17H25NO4S. The van der Waals surface area contributed by atoms with Gasteiger partial charge in [0.05, 0.1) is 17.5 Å². The van der Waals surface area contributed by atoms with E-state index in [4.69, 9.17) is 8.92 Å². The van der Waals surface area contributed by atoms with E-state index in [9.17, 15) is 9.00 Å². The SMILES string of the molecule is CC(C)CC1COC(C)(C)N1C(=O)COS(=O)c1ccccc1. The van der Waals surface area contributed by atoms with Crippen LogP contribution in [0.15, 0.2) is 35.2 Å². The molecule has 128 valence electrons. The molecule has 6 heteroatoms. The number of ether oxygens (including phenoxy) is 1.